The second-order valence-electron chi connectivity index (χ2n) is 7.68. The van der Waals surface area contributed by atoms with Gasteiger partial charge in [-0.25, -0.2) is 4.79 Å². The van der Waals surface area contributed by atoms with Gasteiger partial charge in [-0.1, -0.05) is 39.5 Å². The average molecular weight is 372 g/mol. The standard InChI is InChI=1S/C23H33NO3/c1-3-5-6-7-14-23(18-24)15-12-21(13-16-23)27-22(25)19-8-10-20(11-9-19)26-17-4-2/h8-11,21H,3-7,12-17H2,1-2H3/t21-,23+. The van der Waals surface area contributed by atoms with Crippen molar-refractivity contribution in [2.75, 3.05) is 6.61 Å². The van der Waals surface area contributed by atoms with Crippen LogP contribution in [0.15, 0.2) is 24.3 Å². The summed E-state index contributed by atoms with van der Waals surface area (Å²) in [6.45, 7) is 4.93. The van der Waals surface area contributed by atoms with Crippen molar-refractivity contribution in [2.45, 2.75) is 84.2 Å². The molecular weight excluding hydrogens is 338 g/mol. The van der Waals surface area contributed by atoms with E-state index in [1.54, 1.807) is 12.1 Å². The summed E-state index contributed by atoms with van der Waals surface area (Å²) >= 11 is 0. The van der Waals surface area contributed by atoms with E-state index in [1.165, 1.54) is 19.3 Å². The first kappa shape index (κ1) is 21.3. The third kappa shape index (κ3) is 6.57. The fourth-order valence-corrected chi connectivity index (χ4v) is 3.70. The molecule has 0 heterocycles. The van der Waals surface area contributed by atoms with Crippen LogP contribution < -0.4 is 4.74 Å². The van der Waals surface area contributed by atoms with E-state index in [-0.39, 0.29) is 17.5 Å². The van der Waals surface area contributed by atoms with E-state index in [2.05, 4.69) is 19.9 Å². The number of hydrogen-bond donors (Lipinski definition) is 0. The highest BCUT2D eigenvalue weighted by Gasteiger charge is 2.36. The molecule has 1 aliphatic carbocycles. The summed E-state index contributed by atoms with van der Waals surface area (Å²) in [6.07, 6.45) is 9.86. The van der Waals surface area contributed by atoms with Gasteiger partial charge in [0.25, 0.3) is 0 Å². The number of esters is 1. The first-order valence-corrected chi connectivity index (χ1v) is 10.5. The molecule has 148 valence electrons. The molecule has 27 heavy (non-hydrogen) atoms. The van der Waals surface area contributed by atoms with E-state index in [0.29, 0.717) is 12.2 Å². The van der Waals surface area contributed by atoms with Crippen LogP contribution in [0.5, 0.6) is 5.75 Å². The lowest BCUT2D eigenvalue weighted by atomic mass is 9.71. The molecule has 1 fully saturated rings. The maximum absolute atomic E-state index is 12.4. The number of rotatable bonds is 10. The van der Waals surface area contributed by atoms with Crippen LogP contribution in [0.1, 0.15) is 88.4 Å². The van der Waals surface area contributed by atoms with Gasteiger partial charge in [0.15, 0.2) is 0 Å². The summed E-state index contributed by atoms with van der Waals surface area (Å²) in [7, 11) is 0. The Balaban J connectivity index is 1.80. The van der Waals surface area contributed by atoms with Crippen LogP contribution in [-0.4, -0.2) is 18.7 Å². The Hall–Kier alpha value is -2.02. The Morgan fingerprint density at radius 2 is 1.81 bits per heavy atom. The quantitative estimate of drug-likeness (QED) is 0.371. The van der Waals surface area contributed by atoms with E-state index in [0.717, 1.165) is 50.7 Å². The van der Waals surface area contributed by atoms with Crippen molar-refractivity contribution >= 4 is 5.97 Å². The monoisotopic (exact) mass is 371 g/mol. The fraction of sp³-hybridized carbons (Fsp3) is 0.652. The maximum Gasteiger partial charge on any atom is 0.338 e. The number of nitriles is 1. The van der Waals surface area contributed by atoms with Gasteiger partial charge < -0.3 is 9.47 Å². The van der Waals surface area contributed by atoms with Gasteiger partial charge in [0.05, 0.1) is 23.7 Å². The van der Waals surface area contributed by atoms with E-state index >= 15 is 0 Å². The Kier molecular flexibility index (Phi) is 8.64. The highest BCUT2D eigenvalue weighted by molar-refractivity contribution is 5.89. The minimum Gasteiger partial charge on any atom is -0.494 e. The first-order valence-electron chi connectivity index (χ1n) is 10.5. The summed E-state index contributed by atoms with van der Waals surface area (Å²) < 4.78 is 11.2. The van der Waals surface area contributed by atoms with Gasteiger partial charge in [0.1, 0.15) is 11.9 Å². The second kappa shape index (κ2) is 11.0. The third-order valence-electron chi connectivity index (χ3n) is 5.47. The zero-order valence-electron chi connectivity index (χ0n) is 16.8. The molecule has 2 rings (SSSR count). The molecule has 4 nitrogen and oxygen atoms in total. The molecule has 0 N–H and O–H groups in total. The normalized spacial score (nSPS) is 22.0. The number of nitrogens with zero attached hydrogens (tertiary/aromatic N) is 1. The van der Waals surface area contributed by atoms with Gasteiger partial charge in [0, 0.05) is 0 Å². The Morgan fingerprint density at radius 1 is 1.11 bits per heavy atom. The van der Waals surface area contributed by atoms with Gasteiger partial charge in [-0.3, -0.25) is 0 Å². The van der Waals surface area contributed by atoms with Crippen molar-refractivity contribution in [1.29, 1.82) is 5.26 Å². The molecule has 1 aliphatic rings. The smallest absolute Gasteiger partial charge is 0.338 e. The zero-order valence-corrected chi connectivity index (χ0v) is 16.8. The molecule has 0 aromatic heterocycles. The summed E-state index contributed by atoms with van der Waals surface area (Å²) in [5.41, 5.74) is 0.338. The van der Waals surface area contributed by atoms with Crippen LogP contribution in [0.4, 0.5) is 0 Å². The highest BCUT2D eigenvalue weighted by atomic mass is 16.5. The third-order valence-corrected chi connectivity index (χ3v) is 5.47. The molecule has 0 bridgehead atoms. The average Bonchev–Trinajstić information content (AvgIpc) is 2.71. The van der Waals surface area contributed by atoms with Crippen LogP contribution >= 0.6 is 0 Å². The predicted molar refractivity (Wildman–Crippen MR) is 107 cm³/mol. The highest BCUT2D eigenvalue weighted by Crippen LogP contribution is 2.41. The Morgan fingerprint density at radius 3 is 2.41 bits per heavy atom. The molecule has 0 aliphatic heterocycles. The first-order chi connectivity index (χ1) is 13.1. The van der Waals surface area contributed by atoms with Crippen LogP contribution in [0.25, 0.3) is 0 Å². The molecule has 0 atom stereocenters. The molecule has 0 radical (unpaired) electrons. The molecule has 4 heteroatoms. The number of ether oxygens (including phenoxy) is 2. The van der Waals surface area contributed by atoms with E-state index < -0.39 is 0 Å². The van der Waals surface area contributed by atoms with Crippen LogP contribution in [0, 0.1) is 16.7 Å². The summed E-state index contributed by atoms with van der Waals surface area (Å²) in [5.74, 6) is 0.488. The van der Waals surface area contributed by atoms with Crippen molar-refractivity contribution in [3.8, 4) is 11.8 Å². The van der Waals surface area contributed by atoms with Gasteiger partial charge in [0.2, 0.25) is 0 Å². The number of unbranched alkanes of at least 4 members (excludes halogenated alkanes) is 3. The minimum atomic E-state index is -0.283. The van der Waals surface area contributed by atoms with Gasteiger partial charge >= 0.3 is 5.97 Å². The summed E-state index contributed by atoms with van der Waals surface area (Å²) in [6, 6.07) is 9.69. The second-order valence-corrected chi connectivity index (χ2v) is 7.68. The molecule has 0 amide bonds. The van der Waals surface area contributed by atoms with Gasteiger partial charge in [-0.2, -0.15) is 5.26 Å². The maximum atomic E-state index is 12.4. The number of carbonyl (C=O) groups is 1. The number of benzene rings is 1. The van der Waals surface area contributed by atoms with Crippen molar-refractivity contribution < 1.29 is 14.3 Å². The van der Waals surface area contributed by atoms with Gasteiger partial charge in [-0.15, -0.1) is 0 Å². The fourth-order valence-electron chi connectivity index (χ4n) is 3.70. The topological polar surface area (TPSA) is 59.3 Å². The summed E-state index contributed by atoms with van der Waals surface area (Å²) in [5, 5.41) is 9.66. The number of hydrogen-bond acceptors (Lipinski definition) is 4. The molecule has 1 saturated carbocycles. The van der Waals surface area contributed by atoms with Crippen molar-refractivity contribution in [2.24, 2.45) is 5.41 Å². The Labute approximate surface area is 163 Å². The molecule has 0 spiro atoms. The lowest BCUT2D eigenvalue weighted by molar-refractivity contribution is 0.0105. The molecule has 1 aromatic carbocycles. The van der Waals surface area contributed by atoms with Crippen molar-refractivity contribution in [1.82, 2.24) is 0 Å². The molecule has 0 unspecified atom stereocenters. The zero-order chi connectivity index (χ0) is 19.5. The van der Waals surface area contributed by atoms with E-state index in [1.807, 2.05) is 12.1 Å². The number of carbonyl (C=O) groups excluding carboxylic acids is 1. The molecular formula is C23H33NO3. The largest absolute Gasteiger partial charge is 0.494 e. The van der Waals surface area contributed by atoms with Crippen LogP contribution in [0.2, 0.25) is 0 Å². The SMILES string of the molecule is CCCCCC[C@]1(C#N)CC[C@@H](OC(=O)c2ccc(OCCC)cc2)CC1. The lowest BCUT2D eigenvalue weighted by Crippen LogP contribution is -2.31. The van der Waals surface area contributed by atoms with Crippen LogP contribution in [0.3, 0.4) is 0 Å². The van der Waals surface area contributed by atoms with E-state index in [4.69, 9.17) is 9.47 Å². The van der Waals surface area contributed by atoms with Crippen LogP contribution in [-0.2, 0) is 4.74 Å². The van der Waals surface area contributed by atoms with Crippen molar-refractivity contribution in [3.05, 3.63) is 29.8 Å². The minimum absolute atomic E-state index is 0.0781. The van der Waals surface area contributed by atoms with Gasteiger partial charge in [-0.05, 0) is 62.8 Å². The Bertz CT molecular complexity index is 610. The van der Waals surface area contributed by atoms with Crippen molar-refractivity contribution in [3.63, 3.8) is 0 Å². The lowest BCUT2D eigenvalue weighted by Gasteiger charge is -2.34. The predicted octanol–water partition coefficient (Wildman–Crippen LogP) is 6.06. The summed E-state index contributed by atoms with van der Waals surface area (Å²) in [4.78, 5) is 12.4. The van der Waals surface area contributed by atoms with E-state index in [9.17, 15) is 10.1 Å². The molecule has 0 saturated heterocycles. The molecule has 1 aromatic rings.